The Labute approximate surface area is 127 Å². The van der Waals surface area contributed by atoms with Crippen LogP contribution in [0.2, 0.25) is 0 Å². The van der Waals surface area contributed by atoms with E-state index in [1.54, 1.807) is 12.1 Å². The second-order valence-corrected chi connectivity index (χ2v) is 5.51. The predicted octanol–water partition coefficient (Wildman–Crippen LogP) is 2.84. The maximum Gasteiger partial charge on any atom is 0.573 e. The van der Waals surface area contributed by atoms with Crippen molar-refractivity contribution in [3.05, 3.63) is 29.8 Å². The molecule has 1 amide bonds. The van der Waals surface area contributed by atoms with Gasteiger partial charge in [0.05, 0.1) is 0 Å². The average Bonchev–Trinajstić information content (AvgIpc) is 2.46. The van der Waals surface area contributed by atoms with Gasteiger partial charge < -0.3 is 10.5 Å². The quantitative estimate of drug-likeness (QED) is 0.929. The summed E-state index contributed by atoms with van der Waals surface area (Å²) < 4.78 is 40.2. The normalized spacial score (nSPS) is 18.9. The molecule has 0 bridgehead atoms. The van der Waals surface area contributed by atoms with Crippen molar-refractivity contribution in [3.63, 3.8) is 0 Å². The van der Waals surface area contributed by atoms with E-state index >= 15 is 0 Å². The topological polar surface area (TPSA) is 55.6 Å². The standard InChI is InChI=1S/C15H19F3N2O2/c1-10(20-8-6-12(7-9-20)14(19)21)11-2-4-13(5-3-11)22-15(16,17)18/h2-5,10,12H,6-9H2,1H3,(H2,19,21)/t10-/m1/s1. The number of primary amides is 1. The molecule has 1 aliphatic rings. The van der Waals surface area contributed by atoms with E-state index in [1.165, 1.54) is 12.1 Å². The Bertz CT molecular complexity index is 509. The molecule has 0 aliphatic carbocycles. The first kappa shape index (κ1) is 16.6. The summed E-state index contributed by atoms with van der Waals surface area (Å²) in [7, 11) is 0. The number of benzene rings is 1. The monoisotopic (exact) mass is 316 g/mol. The number of halogens is 3. The molecule has 22 heavy (non-hydrogen) atoms. The molecule has 1 heterocycles. The maximum atomic E-state index is 12.1. The molecular weight excluding hydrogens is 297 g/mol. The van der Waals surface area contributed by atoms with Crippen LogP contribution in [0, 0.1) is 5.92 Å². The minimum Gasteiger partial charge on any atom is -0.406 e. The highest BCUT2D eigenvalue weighted by atomic mass is 19.4. The molecule has 2 rings (SSSR count). The summed E-state index contributed by atoms with van der Waals surface area (Å²) in [4.78, 5) is 13.3. The second kappa shape index (κ2) is 6.56. The van der Waals surface area contributed by atoms with E-state index < -0.39 is 6.36 Å². The Hall–Kier alpha value is -1.76. The number of alkyl halides is 3. The minimum absolute atomic E-state index is 0.0637. The summed E-state index contributed by atoms with van der Waals surface area (Å²) in [6.07, 6.45) is -3.24. The lowest BCUT2D eigenvalue weighted by Crippen LogP contribution is -2.39. The van der Waals surface area contributed by atoms with Gasteiger partial charge in [-0.25, -0.2) is 0 Å². The largest absolute Gasteiger partial charge is 0.573 e. The van der Waals surface area contributed by atoms with Crippen LogP contribution in [0.5, 0.6) is 5.75 Å². The number of carbonyl (C=O) groups excluding carboxylic acids is 1. The summed E-state index contributed by atoms with van der Waals surface area (Å²) in [5.74, 6) is -0.567. The van der Waals surface area contributed by atoms with Crippen LogP contribution < -0.4 is 10.5 Å². The first-order chi connectivity index (χ1) is 10.3. The van der Waals surface area contributed by atoms with Crippen LogP contribution in [0.1, 0.15) is 31.4 Å². The zero-order chi connectivity index (χ0) is 16.3. The molecule has 0 unspecified atom stereocenters. The number of rotatable bonds is 4. The van der Waals surface area contributed by atoms with Gasteiger partial charge in [0, 0.05) is 12.0 Å². The third kappa shape index (κ3) is 4.37. The Morgan fingerprint density at radius 2 is 1.82 bits per heavy atom. The Morgan fingerprint density at radius 1 is 1.27 bits per heavy atom. The molecule has 1 aliphatic heterocycles. The third-order valence-electron chi connectivity index (χ3n) is 4.08. The summed E-state index contributed by atoms with van der Waals surface area (Å²) in [5.41, 5.74) is 6.21. The van der Waals surface area contributed by atoms with Gasteiger partial charge in [-0.05, 0) is 50.6 Å². The first-order valence-electron chi connectivity index (χ1n) is 7.15. The van der Waals surface area contributed by atoms with Gasteiger partial charge in [0.2, 0.25) is 5.91 Å². The van der Waals surface area contributed by atoms with Gasteiger partial charge in [-0.2, -0.15) is 0 Å². The zero-order valence-electron chi connectivity index (χ0n) is 12.3. The lowest BCUT2D eigenvalue weighted by atomic mass is 9.94. The van der Waals surface area contributed by atoms with E-state index in [1.807, 2.05) is 6.92 Å². The molecule has 0 aromatic heterocycles. The number of piperidine rings is 1. The van der Waals surface area contributed by atoms with Crippen molar-refractivity contribution in [2.75, 3.05) is 13.1 Å². The zero-order valence-corrected chi connectivity index (χ0v) is 12.3. The van der Waals surface area contributed by atoms with Crippen LogP contribution >= 0.6 is 0 Å². The average molecular weight is 316 g/mol. The number of ether oxygens (including phenoxy) is 1. The maximum absolute atomic E-state index is 12.1. The van der Waals surface area contributed by atoms with Crippen molar-refractivity contribution in [2.24, 2.45) is 11.7 Å². The van der Waals surface area contributed by atoms with E-state index in [0.29, 0.717) is 0 Å². The first-order valence-corrected chi connectivity index (χ1v) is 7.15. The highest BCUT2D eigenvalue weighted by Crippen LogP contribution is 2.29. The molecule has 1 atom stereocenters. The number of hydrogen-bond donors (Lipinski definition) is 1. The van der Waals surface area contributed by atoms with E-state index in [4.69, 9.17) is 5.73 Å². The molecule has 7 heteroatoms. The highest BCUT2D eigenvalue weighted by Gasteiger charge is 2.31. The van der Waals surface area contributed by atoms with Crippen LogP contribution in [0.25, 0.3) is 0 Å². The van der Waals surface area contributed by atoms with Crippen LogP contribution in [-0.4, -0.2) is 30.3 Å². The minimum atomic E-state index is -4.68. The summed E-state index contributed by atoms with van der Waals surface area (Å²) >= 11 is 0. The van der Waals surface area contributed by atoms with Gasteiger partial charge in [0.15, 0.2) is 0 Å². The highest BCUT2D eigenvalue weighted by molar-refractivity contribution is 5.76. The number of likely N-dealkylation sites (tertiary alicyclic amines) is 1. The molecule has 0 spiro atoms. The lowest BCUT2D eigenvalue weighted by molar-refractivity contribution is -0.274. The van der Waals surface area contributed by atoms with Crippen LogP contribution in [-0.2, 0) is 4.79 Å². The van der Waals surface area contributed by atoms with E-state index in [2.05, 4.69) is 9.64 Å². The molecule has 4 nitrogen and oxygen atoms in total. The van der Waals surface area contributed by atoms with E-state index in [9.17, 15) is 18.0 Å². The van der Waals surface area contributed by atoms with E-state index in [0.717, 1.165) is 31.5 Å². The SMILES string of the molecule is C[C@H](c1ccc(OC(F)(F)F)cc1)N1CCC(C(N)=O)CC1. The predicted molar refractivity (Wildman–Crippen MR) is 75.0 cm³/mol. The molecule has 1 saturated heterocycles. The Kier molecular flexibility index (Phi) is 4.95. The van der Waals surface area contributed by atoms with Crippen molar-refractivity contribution in [3.8, 4) is 5.75 Å². The molecule has 1 aromatic rings. The molecule has 2 N–H and O–H groups in total. The third-order valence-corrected chi connectivity index (χ3v) is 4.08. The number of carbonyl (C=O) groups is 1. The number of nitrogens with two attached hydrogens (primary N) is 1. The van der Waals surface area contributed by atoms with Crippen molar-refractivity contribution < 1.29 is 22.7 Å². The van der Waals surface area contributed by atoms with Crippen molar-refractivity contribution >= 4 is 5.91 Å². The van der Waals surface area contributed by atoms with Gasteiger partial charge in [-0.3, -0.25) is 9.69 Å². The van der Waals surface area contributed by atoms with Gasteiger partial charge in [0.25, 0.3) is 0 Å². The lowest BCUT2D eigenvalue weighted by Gasteiger charge is -2.35. The van der Waals surface area contributed by atoms with Crippen molar-refractivity contribution in [1.82, 2.24) is 4.90 Å². The Balaban J connectivity index is 1.96. The fourth-order valence-corrected chi connectivity index (χ4v) is 2.73. The second-order valence-electron chi connectivity index (χ2n) is 5.51. The van der Waals surface area contributed by atoms with E-state index in [-0.39, 0.29) is 23.6 Å². The molecule has 1 fully saturated rings. The van der Waals surface area contributed by atoms with Crippen LogP contribution in [0.3, 0.4) is 0 Å². The van der Waals surface area contributed by atoms with Crippen LogP contribution in [0.4, 0.5) is 13.2 Å². The van der Waals surface area contributed by atoms with Crippen LogP contribution in [0.15, 0.2) is 24.3 Å². The number of hydrogen-bond acceptors (Lipinski definition) is 3. The molecular formula is C15H19F3N2O2. The smallest absolute Gasteiger partial charge is 0.406 e. The molecule has 1 aromatic carbocycles. The summed E-state index contributed by atoms with van der Waals surface area (Å²) in [6.45, 7) is 3.48. The van der Waals surface area contributed by atoms with Gasteiger partial charge in [-0.15, -0.1) is 13.2 Å². The fraction of sp³-hybridized carbons (Fsp3) is 0.533. The van der Waals surface area contributed by atoms with Crippen molar-refractivity contribution in [1.29, 1.82) is 0 Å². The van der Waals surface area contributed by atoms with Gasteiger partial charge >= 0.3 is 6.36 Å². The summed E-state index contributed by atoms with van der Waals surface area (Å²) in [6, 6.07) is 5.96. The molecule has 0 radical (unpaired) electrons. The Morgan fingerprint density at radius 3 is 2.27 bits per heavy atom. The molecule has 122 valence electrons. The molecule has 0 saturated carbocycles. The summed E-state index contributed by atoms with van der Waals surface area (Å²) in [5, 5.41) is 0. The fourth-order valence-electron chi connectivity index (χ4n) is 2.73. The van der Waals surface area contributed by atoms with Gasteiger partial charge in [-0.1, -0.05) is 12.1 Å². The number of amides is 1. The van der Waals surface area contributed by atoms with Crippen molar-refractivity contribution in [2.45, 2.75) is 32.2 Å². The van der Waals surface area contributed by atoms with Gasteiger partial charge in [0.1, 0.15) is 5.75 Å². The number of nitrogens with zero attached hydrogens (tertiary/aromatic N) is 1.